The van der Waals surface area contributed by atoms with E-state index in [0.717, 1.165) is 0 Å². The van der Waals surface area contributed by atoms with Crippen molar-refractivity contribution in [3.05, 3.63) is 27.2 Å². The largest absolute Gasteiger partial charge is 0.507 e. The second-order valence-corrected chi connectivity index (χ2v) is 5.81. The van der Waals surface area contributed by atoms with Gasteiger partial charge in [-0.3, -0.25) is 9.59 Å². The van der Waals surface area contributed by atoms with E-state index in [0.29, 0.717) is 36.1 Å². The SMILES string of the molecule is CCc1c(O)c2c(n(C)c1=O)CC(C)(C)CC2=O. The average Bonchev–Trinajstić information content (AvgIpc) is 2.24. The Morgan fingerprint density at radius 3 is 2.44 bits per heavy atom. The summed E-state index contributed by atoms with van der Waals surface area (Å²) in [5.41, 5.74) is 1.00. The third-order valence-electron chi connectivity index (χ3n) is 3.70. The van der Waals surface area contributed by atoms with Crippen LogP contribution in [0.5, 0.6) is 5.75 Å². The molecular formula is C14H19NO3. The van der Waals surface area contributed by atoms with Crippen LogP contribution in [-0.2, 0) is 19.9 Å². The molecule has 0 unspecified atom stereocenters. The molecule has 0 atom stereocenters. The third kappa shape index (κ3) is 1.76. The Bertz CT molecular complexity index is 582. The average molecular weight is 249 g/mol. The molecule has 0 fully saturated rings. The van der Waals surface area contributed by atoms with E-state index < -0.39 is 0 Å². The number of ketones is 1. The van der Waals surface area contributed by atoms with Crippen molar-refractivity contribution < 1.29 is 9.90 Å². The Labute approximate surface area is 106 Å². The standard InChI is InChI=1S/C14H19NO3/c1-5-8-12(17)11-9(15(4)13(8)18)6-14(2,3)7-10(11)16/h17H,5-7H2,1-4H3. The molecule has 1 heterocycles. The molecule has 98 valence electrons. The van der Waals surface area contributed by atoms with E-state index in [4.69, 9.17) is 0 Å². The van der Waals surface area contributed by atoms with E-state index in [-0.39, 0.29) is 22.5 Å². The zero-order valence-corrected chi connectivity index (χ0v) is 11.3. The maximum atomic E-state index is 12.2. The summed E-state index contributed by atoms with van der Waals surface area (Å²) in [4.78, 5) is 24.3. The molecule has 1 aliphatic carbocycles. The van der Waals surface area contributed by atoms with Gasteiger partial charge >= 0.3 is 0 Å². The molecule has 1 aliphatic rings. The van der Waals surface area contributed by atoms with E-state index in [9.17, 15) is 14.7 Å². The van der Waals surface area contributed by atoms with Gasteiger partial charge in [0.15, 0.2) is 5.78 Å². The molecular weight excluding hydrogens is 230 g/mol. The first-order valence-corrected chi connectivity index (χ1v) is 6.25. The fraction of sp³-hybridized carbons (Fsp3) is 0.571. The fourth-order valence-electron chi connectivity index (χ4n) is 2.74. The van der Waals surface area contributed by atoms with Gasteiger partial charge in [-0.2, -0.15) is 0 Å². The lowest BCUT2D eigenvalue weighted by Crippen LogP contribution is -2.35. The van der Waals surface area contributed by atoms with Crippen LogP contribution in [0, 0.1) is 5.41 Å². The van der Waals surface area contributed by atoms with Gasteiger partial charge in [-0.1, -0.05) is 20.8 Å². The molecule has 18 heavy (non-hydrogen) atoms. The van der Waals surface area contributed by atoms with Crippen LogP contribution in [0.1, 0.15) is 48.8 Å². The minimum Gasteiger partial charge on any atom is -0.507 e. The molecule has 1 aromatic heterocycles. The maximum absolute atomic E-state index is 12.2. The zero-order chi connectivity index (χ0) is 13.7. The summed E-state index contributed by atoms with van der Waals surface area (Å²) in [6, 6.07) is 0. The van der Waals surface area contributed by atoms with Crippen molar-refractivity contribution in [2.24, 2.45) is 12.5 Å². The van der Waals surface area contributed by atoms with Gasteiger partial charge in [0, 0.05) is 19.2 Å². The van der Waals surface area contributed by atoms with Gasteiger partial charge < -0.3 is 9.67 Å². The highest BCUT2D eigenvalue weighted by atomic mass is 16.3. The van der Waals surface area contributed by atoms with Crippen LogP contribution in [0.4, 0.5) is 0 Å². The topological polar surface area (TPSA) is 59.3 Å². The molecule has 0 spiro atoms. The van der Waals surface area contributed by atoms with Crippen LogP contribution in [-0.4, -0.2) is 15.5 Å². The molecule has 1 aromatic rings. The number of rotatable bonds is 1. The Morgan fingerprint density at radius 2 is 1.89 bits per heavy atom. The van der Waals surface area contributed by atoms with Gasteiger partial charge in [0.1, 0.15) is 5.75 Å². The summed E-state index contributed by atoms with van der Waals surface area (Å²) >= 11 is 0. The van der Waals surface area contributed by atoms with Crippen molar-refractivity contribution in [3.63, 3.8) is 0 Å². The molecule has 4 heteroatoms. The van der Waals surface area contributed by atoms with E-state index >= 15 is 0 Å². The number of Topliss-reactive ketones (excluding diaryl/α,β-unsaturated/α-hetero) is 1. The normalized spacial score (nSPS) is 17.7. The summed E-state index contributed by atoms with van der Waals surface area (Å²) in [6.07, 6.45) is 1.48. The fourth-order valence-corrected chi connectivity index (χ4v) is 2.74. The lowest BCUT2D eigenvalue weighted by Gasteiger charge is -2.32. The van der Waals surface area contributed by atoms with Gasteiger partial charge in [0.2, 0.25) is 0 Å². The molecule has 0 amide bonds. The second-order valence-electron chi connectivity index (χ2n) is 5.81. The van der Waals surface area contributed by atoms with Crippen molar-refractivity contribution in [1.82, 2.24) is 4.57 Å². The van der Waals surface area contributed by atoms with Gasteiger partial charge in [-0.05, 0) is 18.3 Å². The molecule has 0 radical (unpaired) electrons. The predicted molar refractivity (Wildman–Crippen MR) is 69.2 cm³/mol. The van der Waals surface area contributed by atoms with Gasteiger partial charge in [-0.15, -0.1) is 0 Å². The first-order chi connectivity index (χ1) is 8.28. The Morgan fingerprint density at radius 1 is 1.28 bits per heavy atom. The van der Waals surface area contributed by atoms with Crippen molar-refractivity contribution in [2.45, 2.75) is 40.0 Å². The summed E-state index contributed by atoms with van der Waals surface area (Å²) in [7, 11) is 1.68. The van der Waals surface area contributed by atoms with Crippen molar-refractivity contribution in [2.75, 3.05) is 0 Å². The van der Waals surface area contributed by atoms with E-state index in [1.165, 1.54) is 4.57 Å². The van der Waals surface area contributed by atoms with E-state index in [2.05, 4.69) is 0 Å². The number of pyridine rings is 1. The molecule has 0 aromatic carbocycles. The highest BCUT2D eigenvalue weighted by Gasteiger charge is 2.35. The monoisotopic (exact) mass is 249 g/mol. The number of fused-ring (bicyclic) bond motifs is 1. The smallest absolute Gasteiger partial charge is 0.257 e. The van der Waals surface area contributed by atoms with Crippen LogP contribution >= 0.6 is 0 Å². The van der Waals surface area contributed by atoms with Crippen molar-refractivity contribution >= 4 is 5.78 Å². The molecule has 0 aliphatic heterocycles. The first kappa shape index (κ1) is 12.9. The number of carbonyl (C=O) groups excluding carboxylic acids is 1. The van der Waals surface area contributed by atoms with Gasteiger partial charge in [0.05, 0.1) is 11.1 Å². The zero-order valence-electron chi connectivity index (χ0n) is 11.3. The van der Waals surface area contributed by atoms with Crippen LogP contribution in [0.3, 0.4) is 0 Å². The lowest BCUT2D eigenvalue weighted by molar-refractivity contribution is 0.0904. The first-order valence-electron chi connectivity index (χ1n) is 6.25. The number of hydrogen-bond acceptors (Lipinski definition) is 3. The highest BCUT2D eigenvalue weighted by molar-refractivity contribution is 6.01. The van der Waals surface area contributed by atoms with Crippen molar-refractivity contribution in [3.8, 4) is 5.75 Å². The minimum atomic E-state index is -0.195. The Kier molecular flexibility index (Phi) is 2.84. The molecule has 0 bridgehead atoms. The van der Waals surface area contributed by atoms with Crippen molar-refractivity contribution in [1.29, 1.82) is 0 Å². The predicted octanol–water partition coefficient (Wildman–Crippen LogP) is 1.81. The van der Waals surface area contributed by atoms with Gasteiger partial charge in [-0.25, -0.2) is 0 Å². The highest BCUT2D eigenvalue weighted by Crippen LogP contribution is 2.38. The van der Waals surface area contributed by atoms with E-state index in [1.54, 1.807) is 14.0 Å². The summed E-state index contributed by atoms with van der Waals surface area (Å²) < 4.78 is 1.52. The van der Waals surface area contributed by atoms with Crippen LogP contribution in [0.25, 0.3) is 0 Å². The van der Waals surface area contributed by atoms with Crippen LogP contribution < -0.4 is 5.56 Å². The molecule has 4 nitrogen and oxygen atoms in total. The number of aromatic nitrogens is 1. The molecule has 1 N–H and O–H groups in total. The summed E-state index contributed by atoms with van der Waals surface area (Å²) in [6.45, 7) is 5.81. The number of carbonyl (C=O) groups is 1. The summed E-state index contributed by atoms with van der Waals surface area (Å²) in [5, 5.41) is 10.1. The second kappa shape index (κ2) is 3.97. The lowest BCUT2D eigenvalue weighted by atomic mass is 9.75. The minimum absolute atomic E-state index is 0.0657. The molecule has 2 rings (SSSR count). The number of nitrogens with zero attached hydrogens (tertiary/aromatic N) is 1. The van der Waals surface area contributed by atoms with Gasteiger partial charge in [0.25, 0.3) is 5.56 Å². The third-order valence-corrected chi connectivity index (χ3v) is 3.70. The van der Waals surface area contributed by atoms with Crippen LogP contribution in [0.15, 0.2) is 4.79 Å². The Balaban J connectivity index is 2.81. The summed E-state index contributed by atoms with van der Waals surface area (Å²) in [5.74, 6) is -0.167. The maximum Gasteiger partial charge on any atom is 0.257 e. The van der Waals surface area contributed by atoms with Crippen LogP contribution in [0.2, 0.25) is 0 Å². The van der Waals surface area contributed by atoms with E-state index in [1.807, 2.05) is 13.8 Å². The number of aromatic hydroxyl groups is 1. The number of hydrogen-bond donors (Lipinski definition) is 1. The molecule has 0 saturated heterocycles. The molecule has 0 saturated carbocycles. The Hall–Kier alpha value is -1.58. The quantitative estimate of drug-likeness (QED) is 0.825.